The molecule has 0 aliphatic rings. The molecule has 2 rings (SSSR count). The first-order chi connectivity index (χ1) is 9.52. The van der Waals surface area contributed by atoms with Crippen molar-refractivity contribution < 1.29 is 13.5 Å². The molecule has 0 saturated carbocycles. The molecule has 106 valence electrons. The fourth-order valence-electron chi connectivity index (χ4n) is 2.09. The highest BCUT2D eigenvalue weighted by Crippen LogP contribution is 2.31. The Morgan fingerprint density at radius 2 is 1.85 bits per heavy atom. The lowest BCUT2D eigenvalue weighted by Crippen LogP contribution is -2.02. The summed E-state index contributed by atoms with van der Waals surface area (Å²) in [4.78, 5) is 0. The Labute approximate surface area is 122 Å². The minimum Gasteiger partial charge on any atom is -0.496 e. The Bertz CT molecular complexity index is 613. The molecular weight excluding hydrogens is 282 g/mol. The van der Waals surface area contributed by atoms with Gasteiger partial charge < -0.3 is 4.74 Å². The third-order valence-corrected chi connectivity index (χ3v) is 3.60. The van der Waals surface area contributed by atoms with E-state index in [4.69, 9.17) is 16.3 Å². The van der Waals surface area contributed by atoms with Crippen LogP contribution in [0.25, 0.3) is 0 Å². The molecule has 1 unspecified atom stereocenters. The molecule has 1 atom stereocenters. The number of ether oxygens (including phenoxy) is 1. The molecule has 1 nitrogen and oxygen atoms in total. The monoisotopic (exact) mass is 296 g/mol. The van der Waals surface area contributed by atoms with E-state index in [-0.39, 0.29) is 0 Å². The van der Waals surface area contributed by atoms with E-state index in [1.54, 1.807) is 14.0 Å². The standard InChI is InChI=1S/C16H15ClF2O/c1-10-7-12(15(19)9-14(10)18)13(17)8-11-5-3-4-6-16(11)20-2/h3-7,9,13H,8H2,1-2H3. The molecule has 0 radical (unpaired) electrons. The van der Waals surface area contributed by atoms with Gasteiger partial charge in [-0.15, -0.1) is 11.6 Å². The van der Waals surface area contributed by atoms with Gasteiger partial charge in [-0.1, -0.05) is 18.2 Å². The summed E-state index contributed by atoms with van der Waals surface area (Å²) in [5.41, 5.74) is 1.57. The SMILES string of the molecule is COc1ccccc1CC(Cl)c1cc(C)c(F)cc1F. The van der Waals surface area contributed by atoms with Crippen LogP contribution in [-0.2, 0) is 6.42 Å². The molecule has 0 aromatic heterocycles. The quantitative estimate of drug-likeness (QED) is 0.736. The van der Waals surface area contributed by atoms with Crippen LogP contribution in [0.2, 0.25) is 0 Å². The van der Waals surface area contributed by atoms with Crippen LogP contribution < -0.4 is 4.74 Å². The van der Waals surface area contributed by atoms with Gasteiger partial charge in [-0.05, 0) is 36.6 Å². The fourth-order valence-corrected chi connectivity index (χ4v) is 2.43. The van der Waals surface area contributed by atoms with E-state index in [9.17, 15) is 8.78 Å². The highest BCUT2D eigenvalue weighted by atomic mass is 35.5. The van der Waals surface area contributed by atoms with E-state index in [0.29, 0.717) is 23.3 Å². The van der Waals surface area contributed by atoms with Gasteiger partial charge in [0, 0.05) is 11.6 Å². The third-order valence-electron chi connectivity index (χ3n) is 3.21. The van der Waals surface area contributed by atoms with E-state index in [1.807, 2.05) is 24.3 Å². The maximum Gasteiger partial charge on any atom is 0.130 e. The van der Waals surface area contributed by atoms with Crippen LogP contribution in [0.4, 0.5) is 8.78 Å². The molecule has 2 aromatic rings. The second-order valence-corrected chi connectivity index (χ2v) is 5.13. The lowest BCUT2D eigenvalue weighted by atomic mass is 10.0. The van der Waals surface area contributed by atoms with Gasteiger partial charge in [0.2, 0.25) is 0 Å². The van der Waals surface area contributed by atoms with Crippen LogP contribution in [0.1, 0.15) is 22.1 Å². The molecule has 0 aliphatic heterocycles. The fraction of sp³-hybridized carbons (Fsp3) is 0.250. The van der Waals surface area contributed by atoms with E-state index >= 15 is 0 Å². The van der Waals surface area contributed by atoms with Gasteiger partial charge >= 0.3 is 0 Å². The Morgan fingerprint density at radius 3 is 2.55 bits per heavy atom. The van der Waals surface area contributed by atoms with Crippen LogP contribution in [0.5, 0.6) is 5.75 Å². The second-order valence-electron chi connectivity index (χ2n) is 4.61. The predicted octanol–water partition coefficient (Wildman–Crippen LogP) is 4.80. The highest BCUT2D eigenvalue weighted by Gasteiger charge is 2.17. The minimum atomic E-state index is -0.622. The minimum absolute atomic E-state index is 0.302. The maximum atomic E-state index is 13.8. The van der Waals surface area contributed by atoms with Gasteiger partial charge in [0.05, 0.1) is 12.5 Å². The van der Waals surface area contributed by atoms with Crippen LogP contribution in [0.3, 0.4) is 0 Å². The molecule has 0 N–H and O–H groups in total. The summed E-state index contributed by atoms with van der Waals surface area (Å²) >= 11 is 6.28. The van der Waals surface area contributed by atoms with Crippen LogP contribution >= 0.6 is 11.6 Å². The van der Waals surface area contributed by atoms with Crippen molar-refractivity contribution in [1.29, 1.82) is 0 Å². The summed E-state index contributed by atoms with van der Waals surface area (Å²) in [5.74, 6) is -0.479. The van der Waals surface area contributed by atoms with Crippen molar-refractivity contribution in [2.75, 3.05) is 7.11 Å². The maximum absolute atomic E-state index is 13.8. The number of alkyl halides is 1. The molecule has 0 spiro atoms. The van der Waals surface area contributed by atoms with Crippen LogP contribution in [-0.4, -0.2) is 7.11 Å². The lowest BCUT2D eigenvalue weighted by molar-refractivity contribution is 0.409. The topological polar surface area (TPSA) is 9.23 Å². The molecule has 0 fully saturated rings. The van der Waals surface area contributed by atoms with Crippen molar-refractivity contribution in [2.45, 2.75) is 18.7 Å². The molecule has 0 saturated heterocycles. The summed E-state index contributed by atoms with van der Waals surface area (Å²) in [6, 6.07) is 9.76. The molecule has 0 aliphatic carbocycles. The van der Waals surface area contributed by atoms with Crippen molar-refractivity contribution in [2.24, 2.45) is 0 Å². The van der Waals surface area contributed by atoms with Crippen molar-refractivity contribution in [3.05, 3.63) is 64.7 Å². The number of para-hydroxylation sites is 1. The van der Waals surface area contributed by atoms with Gasteiger partial charge in [0.1, 0.15) is 17.4 Å². The molecule has 4 heteroatoms. The first-order valence-corrected chi connectivity index (χ1v) is 6.68. The number of methoxy groups -OCH3 is 1. The van der Waals surface area contributed by atoms with Gasteiger partial charge in [-0.3, -0.25) is 0 Å². The third kappa shape index (κ3) is 3.10. The number of rotatable bonds is 4. The smallest absolute Gasteiger partial charge is 0.130 e. The van der Waals surface area contributed by atoms with E-state index < -0.39 is 17.0 Å². The first kappa shape index (κ1) is 14.8. The Kier molecular flexibility index (Phi) is 4.61. The Morgan fingerprint density at radius 1 is 1.15 bits per heavy atom. The van der Waals surface area contributed by atoms with E-state index in [2.05, 4.69) is 0 Å². The zero-order valence-corrected chi connectivity index (χ0v) is 12.0. The lowest BCUT2D eigenvalue weighted by Gasteiger charge is -2.14. The molecule has 0 heterocycles. The van der Waals surface area contributed by atoms with E-state index in [1.165, 1.54) is 6.07 Å². The van der Waals surface area contributed by atoms with Crippen LogP contribution in [0.15, 0.2) is 36.4 Å². The normalized spacial score (nSPS) is 12.2. The van der Waals surface area contributed by atoms with Crippen molar-refractivity contribution in [3.8, 4) is 5.75 Å². The molecule has 20 heavy (non-hydrogen) atoms. The average molecular weight is 297 g/mol. The molecule has 0 amide bonds. The van der Waals surface area contributed by atoms with Gasteiger partial charge in [-0.25, -0.2) is 8.78 Å². The zero-order chi connectivity index (χ0) is 14.7. The average Bonchev–Trinajstić information content (AvgIpc) is 2.43. The largest absolute Gasteiger partial charge is 0.496 e. The van der Waals surface area contributed by atoms with Gasteiger partial charge in [0.25, 0.3) is 0 Å². The molecule has 0 bridgehead atoms. The van der Waals surface area contributed by atoms with E-state index in [0.717, 1.165) is 11.6 Å². The summed E-state index contributed by atoms with van der Waals surface area (Å²) in [6.45, 7) is 1.59. The number of aryl methyl sites for hydroxylation is 1. The summed E-state index contributed by atoms with van der Waals surface area (Å²) in [7, 11) is 1.57. The zero-order valence-electron chi connectivity index (χ0n) is 11.3. The first-order valence-electron chi connectivity index (χ1n) is 6.24. The number of hydrogen-bond acceptors (Lipinski definition) is 1. The molecule has 2 aromatic carbocycles. The number of halogens is 3. The summed E-state index contributed by atoms with van der Waals surface area (Å²) < 4.78 is 32.3. The second kappa shape index (κ2) is 6.23. The van der Waals surface area contributed by atoms with Gasteiger partial charge in [-0.2, -0.15) is 0 Å². The Balaban J connectivity index is 2.28. The van der Waals surface area contributed by atoms with Crippen molar-refractivity contribution in [1.82, 2.24) is 0 Å². The summed E-state index contributed by atoms with van der Waals surface area (Å²) in [5, 5.41) is -0.578. The number of hydrogen-bond donors (Lipinski definition) is 0. The summed E-state index contributed by atoms with van der Waals surface area (Å²) in [6.07, 6.45) is 0.410. The number of benzene rings is 2. The highest BCUT2D eigenvalue weighted by molar-refractivity contribution is 6.21. The predicted molar refractivity (Wildman–Crippen MR) is 76.4 cm³/mol. The molecular formula is C16H15ClF2O. The van der Waals surface area contributed by atoms with Crippen LogP contribution in [0, 0.1) is 18.6 Å². The Hall–Kier alpha value is -1.61. The van der Waals surface area contributed by atoms with Crippen molar-refractivity contribution >= 4 is 11.6 Å². The van der Waals surface area contributed by atoms with Crippen molar-refractivity contribution in [3.63, 3.8) is 0 Å². The van der Waals surface area contributed by atoms with Gasteiger partial charge in [0.15, 0.2) is 0 Å².